The Morgan fingerprint density at radius 3 is 2.22 bits per heavy atom. The molecule has 1 fully saturated rings. The van der Waals surface area contributed by atoms with Crippen molar-refractivity contribution in [2.24, 2.45) is 0 Å². The second-order valence-electron chi connectivity index (χ2n) is 6.11. The average Bonchev–Trinajstić information content (AvgIpc) is 2.97. The zero-order valence-corrected chi connectivity index (χ0v) is 14.7. The van der Waals surface area contributed by atoms with E-state index in [1.165, 1.54) is 4.90 Å². The van der Waals surface area contributed by atoms with Crippen molar-refractivity contribution in [3.63, 3.8) is 0 Å². The number of ketones is 1. The number of rotatable bonds is 7. The molecule has 0 radical (unpaired) electrons. The van der Waals surface area contributed by atoms with Gasteiger partial charge in [0.2, 0.25) is 0 Å². The lowest BCUT2D eigenvalue weighted by molar-refractivity contribution is -0.140. The molecule has 0 saturated carbocycles. The summed E-state index contributed by atoms with van der Waals surface area (Å²) in [5, 5.41) is 19.6. The van der Waals surface area contributed by atoms with E-state index in [0.29, 0.717) is 5.56 Å². The predicted octanol–water partition coefficient (Wildman–Crippen LogP) is 2.12. The first-order valence-corrected chi connectivity index (χ1v) is 8.72. The molecule has 3 rings (SSSR count). The number of nitrogens with zero attached hydrogens (tertiary/aromatic N) is 1. The van der Waals surface area contributed by atoms with Crippen LogP contribution in [0.1, 0.15) is 17.2 Å². The van der Waals surface area contributed by atoms with Gasteiger partial charge in [0.25, 0.3) is 11.7 Å². The maximum absolute atomic E-state index is 12.7. The molecule has 2 aromatic rings. The summed E-state index contributed by atoms with van der Waals surface area (Å²) >= 11 is 0. The standard InChI is InChI=1S/C21H21NO5/c23-12-14-27-13-11-22-18(15-7-3-1-4-8-15)17(20(25)21(22)26)19(24)16-9-5-2-6-10-16/h1-10,18,23-24H,11-14H2. The van der Waals surface area contributed by atoms with E-state index in [9.17, 15) is 14.7 Å². The van der Waals surface area contributed by atoms with E-state index >= 15 is 0 Å². The van der Waals surface area contributed by atoms with E-state index in [-0.39, 0.29) is 37.7 Å². The molecule has 6 heteroatoms. The van der Waals surface area contributed by atoms with Crippen LogP contribution in [0.5, 0.6) is 0 Å². The first-order chi connectivity index (χ1) is 13.1. The van der Waals surface area contributed by atoms with E-state index in [1.807, 2.05) is 36.4 Å². The number of carbonyl (C=O) groups excluding carboxylic acids is 2. The summed E-state index contributed by atoms with van der Waals surface area (Å²) in [4.78, 5) is 26.7. The molecule has 1 amide bonds. The highest BCUT2D eigenvalue weighted by Crippen LogP contribution is 2.38. The van der Waals surface area contributed by atoms with Crippen LogP contribution in [0.2, 0.25) is 0 Å². The first-order valence-electron chi connectivity index (χ1n) is 8.72. The highest BCUT2D eigenvalue weighted by molar-refractivity contribution is 6.46. The summed E-state index contributed by atoms with van der Waals surface area (Å²) in [5.74, 6) is -1.58. The van der Waals surface area contributed by atoms with Crippen LogP contribution < -0.4 is 0 Å². The third kappa shape index (κ3) is 3.92. The van der Waals surface area contributed by atoms with Crippen LogP contribution in [0.3, 0.4) is 0 Å². The minimum absolute atomic E-state index is 0.0690. The maximum atomic E-state index is 12.7. The Hall–Kier alpha value is -2.96. The molecule has 0 spiro atoms. The SMILES string of the molecule is O=C1C(=O)N(CCOCCO)C(c2ccccc2)C1=C(O)c1ccccc1. The molecule has 2 aromatic carbocycles. The van der Waals surface area contributed by atoms with Crippen molar-refractivity contribution in [2.75, 3.05) is 26.4 Å². The third-order valence-corrected chi connectivity index (χ3v) is 4.41. The molecule has 1 unspecified atom stereocenters. The van der Waals surface area contributed by atoms with Crippen molar-refractivity contribution in [3.05, 3.63) is 77.4 Å². The molecule has 1 atom stereocenters. The second-order valence-corrected chi connectivity index (χ2v) is 6.11. The normalized spacial score (nSPS) is 18.9. The Bertz CT molecular complexity index is 832. The molecule has 6 nitrogen and oxygen atoms in total. The van der Waals surface area contributed by atoms with Gasteiger partial charge in [-0.3, -0.25) is 9.59 Å². The van der Waals surface area contributed by atoms with E-state index in [0.717, 1.165) is 5.56 Å². The second kappa shape index (κ2) is 8.62. The largest absolute Gasteiger partial charge is 0.507 e. The number of amides is 1. The van der Waals surface area contributed by atoms with Crippen LogP contribution in [0.15, 0.2) is 66.2 Å². The van der Waals surface area contributed by atoms with Gasteiger partial charge in [0.05, 0.1) is 31.4 Å². The van der Waals surface area contributed by atoms with Gasteiger partial charge in [-0.2, -0.15) is 0 Å². The Labute approximate surface area is 157 Å². The number of aliphatic hydroxyl groups is 2. The zero-order valence-electron chi connectivity index (χ0n) is 14.7. The molecule has 1 heterocycles. The van der Waals surface area contributed by atoms with Gasteiger partial charge in [-0.25, -0.2) is 0 Å². The minimum Gasteiger partial charge on any atom is -0.507 e. The van der Waals surface area contributed by atoms with Crippen LogP contribution >= 0.6 is 0 Å². The number of hydrogen-bond donors (Lipinski definition) is 2. The molecule has 0 aliphatic carbocycles. The molecular formula is C21H21NO5. The summed E-state index contributed by atoms with van der Waals surface area (Å²) in [6.45, 7) is 0.400. The van der Waals surface area contributed by atoms with E-state index in [1.54, 1.807) is 24.3 Å². The quantitative estimate of drug-likeness (QED) is 0.339. The molecule has 0 bridgehead atoms. The molecule has 27 heavy (non-hydrogen) atoms. The van der Waals surface area contributed by atoms with Crippen molar-refractivity contribution < 1.29 is 24.5 Å². The van der Waals surface area contributed by atoms with Crippen molar-refractivity contribution in [1.29, 1.82) is 0 Å². The Morgan fingerprint density at radius 2 is 1.59 bits per heavy atom. The van der Waals surface area contributed by atoms with Crippen molar-refractivity contribution in [3.8, 4) is 0 Å². The Morgan fingerprint density at radius 1 is 0.963 bits per heavy atom. The number of aliphatic hydroxyl groups excluding tert-OH is 2. The molecule has 1 aliphatic rings. The van der Waals surface area contributed by atoms with Crippen LogP contribution in [-0.2, 0) is 14.3 Å². The summed E-state index contributed by atoms with van der Waals surface area (Å²) in [7, 11) is 0. The summed E-state index contributed by atoms with van der Waals surface area (Å²) in [5.41, 5.74) is 1.28. The van der Waals surface area contributed by atoms with Gasteiger partial charge < -0.3 is 19.8 Å². The smallest absolute Gasteiger partial charge is 0.295 e. The predicted molar refractivity (Wildman–Crippen MR) is 99.8 cm³/mol. The molecule has 1 aliphatic heterocycles. The number of benzene rings is 2. The molecule has 0 aromatic heterocycles. The number of ether oxygens (including phenoxy) is 1. The monoisotopic (exact) mass is 367 g/mol. The lowest BCUT2D eigenvalue weighted by Crippen LogP contribution is -2.33. The highest BCUT2D eigenvalue weighted by Gasteiger charge is 2.45. The van der Waals surface area contributed by atoms with Gasteiger partial charge in [0, 0.05) is 12.1 Å². The fourth-order valence-electron chi connectivity index (χ4n) is 3.17. The maximum Gasteiger partial charge on any atom is 0.295 e. The van der Waals surface area contributed by atoms with Crippen molar-refractivity contribution in [1.82, 2.24) is 4.90 Å². The van der Waals surface area contributed by atoms with Crippen LogP contribution in [0.4, 0.5) is 0 Å². The lowest BCUT2D eigenvalue weighted by Gasteiger charge is -2.25. The van der Waals surface area contributed by atoms with E-state index < -0.39 is 17.7 Å². The van der Waals surface area contributed by atoms with Gasteiger partial charge in [-0.05, 0) is 5.56 Å². The van der Waals surface area contributed by atoms with Gasteiger partial charge in [-0.1, -0.05) is 60.7 Å². The lowest BCUT2D eigenvalue weighted by atomic mass is 9.95. The average molecular weight is 367 g/mol. The minimum atomic E-state index is -0.715. The molecule has 140 valence electrons. The Kier molecular flexibility index (Phi) is 6.01. The van der Waals surface area contributed by atoms with Crippen LogP contribution in [0.25, 0.3) is 5.76 Å². The van der Waals surface area contributed by atoms with Crippen LogP contribution in [-0.4, -0.2) is 53.2 Å². The summed E-state index contributed by atoms with van der Waals surface area (Å²) in [6.07, 6.45) is 0. The molecule has 2 N–H and O–H groups in total. The van der Waals surface area contributed by atoms with E-state index in [2.05, 4.69) is 0 Å². The highest BCUT2D eigenvalue weighted by atomic mass is 16.5. The fourth-order valence-corrected chi connectivity index (χ4v) is 3.17. The number of likely N-dealkylation sites (tertiary alicyclic amines) is 1. The van der Waals surface area contributed by atoms with Gasteiger partial charge in [-0.15, -0.1) is 0 Å². The summed E-state index contributed by atoms with van der Waals surface area (Å²) < 4.78 is 5.26. The van der Waals surface area contributed by atoms with Gasteiger partial charge in [0.15, 0.2) is 0 Å². The molecular weight excluding hydrogens is 346 g/mol. The number of Topliss-reactive ketones (excluding diaryl/α,β-unsaturated/α-hetero) is 1. The number of carbonyl (C=O) groups is 2. The summed E-state index contributed by atoms with van der Waals surface area (Å²) in [6, 6.07) is 17.1. The van der Waals surface area contributed by atoms with Crippen LogP contribution in [0, 0.1) is 0 Å². The van der Waals surface area contributed by atoms with Crippen molar-refractivity contribution in [2.45, 2.75) is 6.04 Å². The molecule has 1 saturated heterocycles. The fraction of sp³-hybridized carbons (Fsp3) is 0.238. The third-order valence-electron chi connectivity index (χ3n) is 4.41. The topological polar surface area (TPSA) is 87.1 Å². The van der Waals surface area contributed by atoms with Crippen molar-refractivity contribution >= 4 is 17.4 Å². The number of hydrogen-bond acceptors (Lipinski definition) is 5. The first kappa shape index (κ1) is 18.8. The van der Waals surface area contributed by atoms with E-state index in [4.69, 9.17) is 9.84 Å². The Balaban J connectivity index is 2.03. The zero-order chi connectivity index (χ0) is 19.2. The van der Waals surface area contributed by atoms with Gasteiger partial charge >= 0.3 is 0 Å². The van der Waals surface area contributed by atoms with Gasteiger partial charge in [0.1, 0.15) is 5.76 Å².